The first-order valence-corrected chi connectivity index (χ1v) is 5.56. The van der Waals surface area contributed by atoms with E-state index in [1.54, 1.807) is 30.7 Å². The molecule has 0 aromatic carbocycles. The molecule has 0 fully saturated rings. The number of rotatable bonds is 2. The van der Waals surface area contributed by atoms with Gasteiger partial charge in [-0.15, -0.1) is 0 Å². The van der Waals surface area contributed by atoms with Crippen molar-refractivity contribution >= 4 is 0 Å². The van der Waals surface area contributed by atoms with Crippen molar-refractivity contribution in [3.8, 4) is 11.3 Å². The van der Waals surface area contributed by atoms with Gasteiger partial charge in [-0.1, -0.05) is 13.8 Å². The summed E-state index contributed by atoms with van der Waals surface area (Å²) in [6.45, 7) is 1.02. The van der Waals surface area contributed by atoms with Crippen molar-refractivity contribution in [1.82, 2.24) is 4.98 Å². The highest BCUT2D eigenvalue weighted by atomic mass is 14.9. The topological polar surface area (TPSA) is 16.8 Å². The van der Waals surface area contributed by atoms with Crippen molar-refractivity contribution in [2.75, 3.05) is 0 Å². The van der Waals surface area contributed by atoms with Crippen LogP contribution in [0.3, 0.4) is 0 Å². The Morgan fingerprint density at radius 3 is 3.00 bits per heavy atom. The Morgan fingerprint density at radius 1 is 1.47 bits per heavy atom. The van der Waals surface area contributed by atoms with Crippen LogP contribution in [0.15, 0.2) is 36.8 Å². The lowest BCUT2D eigenvalue weighted by Gasteiger charge is -2.08. The van der Waals surface area contributed by atoms with E-state index in [0.717, 1.165) is 16.8 Å². The average molecular weight is 231 g/mol. The van der Waals surface area contributed by atoms with Crippen LogP contribution < -0.4 is 4.57 Å². The van der Waals surface area contributed by atoms with Crippen LogP contribution in [-0.2, 0) is 7.05 Å². The van der Waals surface area contributed by atoms with Gasteiger partial charge in [0.1, 0.15) is 7.05 Å². The number of nitrogens with zero attached hydrogens (tertiary/aromatic N) is 2. The van der Waals surface area contributed by atoms with Gasteiger partial charge in [0.2, 0.25) is 5.69 Å². The molecule has 2 heteroatoms. The van der Waals surface area contributed by atoms with Crippen LogP contribution in [0, 0.1) is 6.92 Å². The smallest absolute Gasteiger partial charge is 0.214 e. The standard InChI is InChI=1S/C15H19N2/c1-11(2)13-6-8-17(4)15(9-13)14-10-16-7-5-12(14)3/h5-11H,1-4H3/q+1/i1D3,11D. The zero-order chi connectivity index (χ0) is 15.8. The van der Waals surface area contributed by atoms with Crippen molar-refractivity contribution in [2.24, 2.45) is 7.05 Å². The molecule has 0 bridgehead atoms. The summed E-state index contributed by atoms with van der Waals surface area (Å²) in [5.74, 6) is -1.65. The lowest BCUT2D eigenvalue weighted by atomic mass is 10.0. The molecule has 2 aromatic rings. The molecule has 17 heavy (non-hydrogen) atoms. The Hall–Kier alpha value is -1.70. The van der Waals surface area contributed by atoms with E-state index in [4.69, 9.17) is 5.48 Å². The predicted molar refractivity (Wildman–Crippen MR) is 69.7 cm³/mol. The van der Waals surface area contributed by atoms with Gasteiger partial charge < -0.3 is 0 Å². The molecule has 0 N–H and O–H groups in total. The molecule has 1 atom stereocenters. The van der Waals surface area contributed by atoms with Crippen LogP contribution in [0.1, 0.15) is 36.3 Å². The molecule has 2 heterocycles. The molecule has 0 spiro atoms. The molecule has 0 saturated carbocycles. The molecule has 88 valence electrons. The van der Waals surface area contributed by atoms with Crippen molar-refractivity contribution in [3.63, 3.8) is 0 Å². The highest BCUT2D eigenvalue weighted by molar-refractivity contribution is 5.60. The zero-order valence-corrected chi connectivity index (χ0v) is 10.4. The van der Waals surface area contributed by atoms with Gasteiger partial charge in [-0.05, 0) is 30.0 Å². The minimum atomic E-state index is -2.38. The van der Waals surface area contributed by atoms with Gasteiger partial charge in [-0.2, -0.15) is 0 Å². The number of pyridine rings is 2. The van der Waals surface area contributed by atoms with E-state index >= 15 is 0 Å². The fourth-order valence-corrected chi connectivity index (χ4v) is 1.80. The second-order valence-corrected chi connectivity index (χ2v) is 4.23. The minimum Gasteiger partial charge on any atom is -0.264 e. The monoisotopic (exact) mass is 231 g/mol. The van der Waals surface area contributed by atoms with Crippen LogP contribution in [-0.4, -0.2) is 4.98 Å². The maximum atomic E-state index is 8.21. The van der Waals surface area contributed by atoms with Crippen LogP contribution >= 0.6 is 0 Å². The summed E-state index contributed by atoms with van der Waals surface area (Å²) in [6, 6.07) is 5.36. The van der Waals surface area contributed by atoms with E-state index in [-0.39, 0.29) is 0 Å². The van der Waals surface area contributed by atoms with Crippen LogP contribution in [0.25, 0.3) is 11.3 Å². The fourth-order valence-electron chi connectivity index (χ4n) is 1.80. The van der Waals surface area contributed by atoms with Gasteiger partial charge in [-0.25, -0.2) is 4.57 Å². The van der Waals surface area contributed by atoms with Gasteiger partial charge >= 0.3 is 0 Å². The van der Waals surface area contributed by atoms with E-state index in [9.17, 15) is 0 Å². The third kappa shape index (κ3) is 2.36. The summed E-state index contributed by atoms with van der Waals surface area (Å²) in [6.07, 6.45) is 5.26. The first kappa shape index (κ1) is 7.59. The molecular weight excluding hydrogens is 208 g/mol. The molecule has 0 amide bonds. The highest BCUT2D eigenvalue weighted by Gasteiger charge is 2.14. The molecule has 0 aliphatic heterocycles. The lowest BCUT2D eigenvalue weighted by molar-refractivity contribution is -0.660. The Kier molecular flexibility index (Phi) is 2.08. The van der Waals surface area contributed by atoms with Gasteiger partial charge in [0, 0.05) is 30.0 Å². The molecule has 2 aromatic heterocycles. The molecule has 0 aliphatic carbocycles. The number of aryl methyl sites for hydroxylation is 2. The Bertz CT molecular complexity index is 663. The van der Waals surface area contributed by atoms with E-state index in [2.05, 4.69) is 4.98 Å². The summed E-state index contributed by atoms with van der Waals surface area (Å²) < 4.78 is 32.8. The third-order valence-corrected chi connectivity index (χ3v) is 2.90. The van der Waals surface area contributed by atoms with Crippen molar-refractivity contribution in [1.29, 1.82) is 0 Å². The third-order valence-electron chi connectivity index (χ3n) is 2.90. The van der Waals surface area contributed by atoms with Crippen LogP contribution in [0.2, 0.25) is 0 Å². The molecule has 2 rings (SSSR count). The Labute approximate surface area is 109 Å². The SMILES string of the molecule is [2H]C([2H])([2H])C([2H])(C)c1cc[n+](C)c(-c2cnccc2C)c1. The van der Waals surface area contributed by atoms with Crippen LogP contribution in [0.4, 0.5) is 0 Å². The maximum Gasteiger partial charge on any atom is 0.214 e. The van der Waals surface area contributed by atoms with E-state index in [0.29, 0.717) is 5.56 Å². The fraction of sp³-hybridized carbons (Fsp3) is 0.333. The van der Waals surface area contributed by atoms with Gasteiger partial charge in [0.05, 0.1) is 5.56 Å². The van der Waals surface area contributed by atoms with E-state index < -0.39 is 12.7 Å². The summed E-state index contributed by atoms with van der Waals surface area (Å²) in [5, 5.41) is 0. The van der Waals surface area contributed by atoms with Crippen molar-refractivity contribution in [2.45, 2.75) is 26.6 Å². The summed E-state index contributed by atoms with van der Waals surface area (Å²) in [5.41, 5.74) is 3.31. The largest absolute Gasteiger partial charge is 0.264 e. The maximum absolute atomic E-state index is 8.21. The summed E-state index contributed by atoms with van der Waals surface area (Å²) >= 11 is 0. The Balaban J connectivity index is 2.61. The van der Waals surface area contributed by atoms with Gasteiger partial charge in [0.15, 0.2) is 6.20 Å². The Morgan fingerprint density at radius 2 is 2.29 bits per heavy atom. The number of aromatic nitrogens is 2. The first-order valence-electron chi connectivity index (χ1n) is 7.56. The average Bonchev–Trinajstić information content (AvgIpc) is 2.38. The second kappa shape index (κ2) is 4.66. The van der Waals surface area contributed by atoms with Crippen molar-refractivity contribution in [3.05, 3.63) is 47.9 Å². The highest BCUT2D eigenvalue weighted by Crippen LogP contribution is 2.22. The van der Waals surface area contributed by atoms with Gasteiger partial charge in [0.25, 0.3) is 0 Å². The van der Waals surface area contributed by atoms with Gasteiger partial charge in [-0.3, -0.25) is 4.98 Å². The number of hydrogen-bond donors (Lipinski definition) is 0. The van der Waals surface area contributed by atoms with E-state index in [1.165, 1.54) is 6.92 Å². The summed E-state index contributed by atoms with van der Waals surface area (Å²) in [4.78, 5) is 4.13. The van der Waals surface area contributed by atoms with Crippen molar-refractivity contribution < 1.29 is 10.1 Å². The molecule has 1 unspecified atom stereocenters. The first-order chi connectivity index (χ1) is 9.64. The molecular formula is C15H19N2+. The lowest BCUT2D eigenvalue weighted by Crippen LogP contribution is -2.30. The molecule has 2 nitrogen and oxygen atoms in total. The predicted octanol–water partition coefficient (Wildman–Crippen LogP) is 3.00. The zero-order valence-electron chi connectivity index (χ0n) is 14.4. The quantitative estimate of drug-likeness (QED) is 0.726. The normalized spacial score (nSPS) is 18.5. The molecule has 0 aliphatic rings. The van der Waals surface area contributed by atoms with Crippen LogP contribution in [0.5, 0.6) is 0 Å². The van der Waals surface area contributed by atoms with E-state index in [1.807, 2.05) is 24.6 Å². The molecule has 0 saturated heterocycles. The molecule has 0 radical (unpaired) electrons. The minimum absolute atomic E-state index is 0.471. The summed E-state index contributed by atoms with van der Waals surface area (Å²) in [7, 11) is 1.89. The number of hydrogen-bond acceptors (Lipinski definition) is 1. The second-order valence-electron chi connectivity index (χ2n) is 4.23.